The summed E-state index contributed by atoms with van der Waals surface area (Å²) in [6, 6.07) is 14.8. The predicted octanol–water partition coefficient (Wildman–Crippen LogP) is 6.25. The number of nitrogens with one attached hydrogen (secondary N) is 2. The smallest absolute Gasteiger partial charge is 0.387 e. The minimum absolute atomic E-state index is 0.0278. The van der Waals surface area contributed by atoms with Crippen LogP contribution in [0, 0.1) is 0 Å². The normalized spacial score (nSPS) is 16.6. The SMILES string of the molecule is CCS(=O)c1ccc(C(N)C2Nc3cc(Cl)c(-c4ccccc4OC(F)F)c(Cl)c3N2)cc1. The molecule has 33 heavy (non-hydrogen) atoms. The molecule has 0 radical (unpaired) electrons. The zero-order chi connectivity index (χ0) is 23.7. The van der Waals surface area contributed by atoms with Crippen LogP contribution < -0.4 is 21.1 Å². The Morgan fingerprint density at radius 2 is 1.82 bits per heavy atom. The standard InChI is InChI=1S/C23H21Cl2F2N3O2S/c1-2-33(31)13-9-7-12(8-10-13)20(28)22-29-16-11-15(24)18(19(25)21(16)30-22)14-5-3-4-6-17(14)32-23(26)27/h3-11,20,22-23,29-30H,2,28H2,1H3. The summed E-state index contributed by atoms with van der Waals surface area (Å²) in [5.41, 5.74) is 9.25. The van der Waals surface area contributed by atoms with Crippen LogP contribution >= 0.6 is 23.2 Å². The van der Waals surface area contributed by atoms with E-state index in [2.05, 4.69) is 15.4 Å². The molecule has 0 saturated carbocycles. The van der Waals surface area contributed by atoms with Gasteiger partial charge in [-0.15, -0.1) is 0 Å². The molecule has 5 nitrogen and oxygen atoms in total. The third kappa shape index (κ3) is 4.80. The fraction of sp³-hybridized carbons (Fsp3) is 0.217. The molecular weight excluding hydrogens is 491 g/mol. The predicted molar refractivity (Wildman–Crippen MR) is 130 cm³/mol. The number of fused-ring (bicyclic) bond motifs is 1. The number of anilines is 2. The Kier molecular flexibility index (Phi) is 7.09. The first-order valence-electron chi connectivity index (χ1n) is 10.1. The van der Waals surface area contributed by atoms with Crippen LogP contribution in [0.25, 0.3) is 11.1 Å². The Morgan fingerprint density at radius 3 is 2.48 bits per heavy atom. The van der Waals surface area contributed by atoms with Crippen molar-refractivity contribution < 1.29 is 17.7 Å². The second-order valence-electron chi connectivity index (χ2n) is 7.34. The molecule has 0 fully saturated rings. The molecule has 1 aliphatic heterocycles. The van der Waals surface area contributed by atoms with Crippen molar-refractivity contribution in [1.29, 1.82) is 0 Å². The van der Waals surface area contributed by atoms with E-state index in [0.29, 0.717) is 28.3 Å². The molecule has 3 unspecified atom stereocenters. The van der Waals surface area contributed by atoms with Gasteiger partial charge in [-0.2, -0.15) is 8.78 Å². The number of para-hydroxylation sites is 1. The van der Waals surface area contributed by atoms with Crippen molar-refractivity contribution in [1.82, 2.24) is 0 Å². The molecule has 0 saturated heterocycles. The highest BCUT2D eigenvalue weighted by atomic mass is 35.5. The highest BCUT2D eigenvalue weighted by Gasteiger charge is 2.31. The molecule has 0 aliphatic carbocycles. The van der Waals surface area contributed by atoms with Gasteiger partial charge in [0, 0.05) is 21.8 Å². The number of nitrogens with two attached hydrogens (primary N) is 1. The number of hydrogen-bond donors (Lipinski definition) is 3. The molecule has 174 valence electrons. The number of alkyl halides is 2. The summed E-state index contributed by atoms with van der Waals surface area (Å²) in [7, 11) is -1.04. The monoisotopic (exact) mass is 511 g/mol. The number of hydrogen-bond acceptors (Lipinski definition) is 5. The summed E-state index contributed by atoms with van der Waals surface area (Å²) in [6.45, 7) is -1.12. The quantitative estimate of drug-likeness (QED) is 0.349. The van der Waals surface area contributed by atoms with Crippen LogP contribution in [0.1, 0.15) is 18.5 Å². The van der Waals surface area contributed by atoms with Crippen LogP contribution in [0.3, 0.4) is 0 Å². The van der Waals surface area contributed by atoms with Gasteiger partial charge in [0.25, 0.3) is 0 Å². The van der Waals surface area contributed by atoms with Gasteiger partial charge in [0.05, 0.1) is 38.3 Å². The van der Waals surface area contributed by atoms with E-state index in [4.69, 9.17) is 28.9 Å². The minimum atomic E-state index is -2.98. The first kappa shape index (κ1) is 23.8. The topological polar surface area (TPSA) is 76.4 Å². The molecule has 0 bridgehead atoms. The molecular formula is C23H21Cl2F2N3O2S. The Hall–Kier alpha value is -2.39. The van der Waals surface area contributed by atoms with Crippen molar-refractivity contribution in [2.75, 3.05) is 16.4 Å². The molecule has 1 heterocycles. The third-order valence-corrected chi connectivity index (χ3v) is 7.35. The molecule has 10 heteroatoms. The Bertz CT molecular complexity index is 1200. The highest BCUT2D eigenvalue weighted by molar-refractivity contribution is 7.85. The third-order valence-electron chi connectivity index (χ3n) is 5.35. The van der Waals surface area contributed by atoms with Crippen molar-refractivity contribution in [2.24, 2.45) is 5.73 Å². The number of ether oxygens (including phenoxy) is 1. The van der Waals surface area contributed by atoms with E-state index in [-0.39, 0.29) is 15.8 Å². The second-order valence-corrected chi connectivity index (χ2v) is 9.86. The summed E-state index contributed by atoms with van der Waals surface area (Å²) in [4.78, 5) is 0.744. The van der Waals surface area contributed by atoms with Crippen molar-refractivity contribution in [3.63, 3.8) is 0 Å². The van der Waals surface area contributed by atoms with Gasteiger partial charge in [0.1, 0.15) is 11.9 Å². The summed E-state index contributed by atoms with van der Waals surface area (Å²) in [5.74, 6) is 0.513. The van der Waals surface area contributed by atoms with Gasteiger partial charge >= 0.3 is 6.61 Å². The molecule has 4 rings (SSSR count). The zero-order valence-electron chi connectivity index (χ0n) is 17.4. The van der Waals surface area contributed by atoms with Crippen LogP contribution in [0.5, 0.6) is 5.75 Å². The summed E-state index contributed by atoms with van der Waals surface area (Å²) >= 11 is 13.2. The lowest BCUT2D eigenvalue weighted by molar-refractivity contribution is -0.0494. The van der Waals surface area contributed by atoms with E-state index in [1.54, 1.807) is 36.4 Å². The van der Waals surface area contributed by atoms with Crippen molar-refractivity contribution >= 4 is 45.4 Å². The number of rotatable bonds is 7. The summed E-state index contributed by atoms with van der Waals surface area (Å²) < 4.78 is 42.4. The maximum absolute atomic E-state index is 12.9. The first-order valence-corrected chi connectivity index (χ1v) is 12.2. The van der Waals surface area contributed by atoms with Crippen LogP contribution in [-0.2, 0) is 10.8 Å². The van der Waals surface area contributed by atoms with Crippen LogP contribution in [0.4, 0.5) is 20.2 Å². The van der Waals surface area contributed by atoms with Crippen molar-refractivity contribution in [3.05, 3.63) is 70.2 Å². The van der Waals surface area contributed by atoms with Crippen LogP contribution in [-0.4, -0.2) is 22.7 Å². The molecule has 3 aromatic rings. The average molecular weight is 512 g/mol. The fourth-order valence-corrected chi connectivity index (χ4v) is 5.22. The Labute approximate surface area is 202 Å². The van der Waals surface area contributed by atoms with Crippen LogP contribution in [0.2, 0.25) is 10.0 Å². The highest BCUT2D eigenvalue weighted by Crippen LogP contribution is 2.49. The van der Waals surface area contributed by atoms with E-state index in [9.17, 15) is 13.0 Å². The number of halogens is 4. The van der Waals surface area contributed by atoms with Gasteiger partial charge in [-0.25, -0.2) is 0 Å². The van der Waals surface area contributed by atoms with E-state index < -0.39 is 29.6 Å². The minimum Gasteiger partial charge on any atom is -0.434 e. The van der Waals surface area contributed by atoms with Crippen molar-refractivity contribution in [2.45, 2.75) is 30.6 Å². The van der Waals surface area contributed by atoms with Gasteiger partial charge in [-0.3, -0.25) is 4.21 Å². The Balaban J connectivity index is 1.63. The summed E-state index contributed by atoms with van der Waals surface area (Å²) in [5, 5.41) is 7.08. The first-order chi connectivity index (χ1) is 15.8. The molecule has 4 N–H and O–H groups in total. The van der Waals surface area contributed by atoms with Crippen LogP contribution in [0.15, 0.2) is 59.5 Å². The molecule has 0 aromatic heterocycles. The molecule has 0 spiro atoms. The van der Waals surface area contributed by atoms with E-state index in [0.717, 1.165) is 10.5 Å². The fourth-order valence-electron chi connectivity index (χ4n) is 3.73. The Morgan fingerprint density at radius 1 is 1.12 bits per heavy atom. The van der Waals surface area contributed by atoms with Gasteiger partial charge in [-0.1, -0.05) is 60.5 Å². The zero-order valence-corrected chi connectivity index (χ0v) is 19.8. The molecule has 0 amide bonds. The molecule has 1 aliphatic rings. The lowest BCUT2D eigenvalue weighted by Crippen LogP contribution is -2.35. The lowest BCUT2D eigenvalue weighted by Gasteiger charge is -2.21. The average Bonchev–Trinajstić information content (AvgIpc) is 3.23. The lowest BCUT2D eigenvalue weighted by atomic mass is 10.0. The van der Waals surface area contributed by atoms with E-state index >= 15 is 0 Å². The number of benzene rings is 3. The van der Waals surface area contributed by atoms with E-state index in [1.165, 1.54) is 6.07 Å². The molecule has 3 aromatic carbocycles. The maximum atomic E-state index is 12.9. The van der Waals surface area contributed by atoms with Gasteiger partial charge in [0.2, 0.25) is 0 Å². The van der Waals surface area contributed by atoms with E-state index in [1.807, 2.05) is 19.1 Å². The van der Waals surface area contributed by atoms with Crippen molar-refractivity contribution in [3.8, 4) is 16.9 Å². The second kappa shape index (κ2) is 9.85. The van der Waals surface area contributed by atoms with Gasteiger partial charge in [-0.05, 0) is 29.8 Å². The van der Waals surface area contributed by atoms with Gasteiger partial charge < -0.3 is 21.1 Å². The largest absolute Gasteiger partial charge is 0.434 e. The van der Waals surface area contributed by atoms with Gasteiger partial charge in [0.15, 0.2) is 0 Å². The summed E-state index contributed by atoms with van der Waals surface area (Å²) in [6.07, 6.45) is -0.404. The maximum Gasteiger partial charge on any atom is 0.387 e. The molecule has 3 atom stereocenters.